The van der Waals surface area contributed by atoms with Gasteiger partial charge in [-0.2, -0.15) is 0 Å². The summed E-state index contributed by atoms with van der Waals surface area (Å²) >= 11 is 6.01. The number of hydrogen-bond donors (Lipinski definition) is 2. The van der Waals surface area contributed by atoms with Crippen molar-refractivity contribution in [3.8, 4) is 17.2 Å². The van der Waals surface area contributed by atoms with Gasteiger partial charge in [0.2, 0.25) is 12.1 Å². The molecule has 2 aromatic carbocycles. The third-order valence-corrected chi connectivity index (χ3v) is 11.9. The summed E-state index contributed by atoms with van der Waals surface area (Å²) in [6, 6.07) is 10.8. The maximum atomic E-state index is 14.1. The van der Waals surface area contributed by atoms with E-state index in [1.165, 1.54) is 12.1 Å². The van der Waals surface area contributed by atoms with Crippen LogP contribution >= 0.6 is 11.6 Å². The Morgan fingerprint density at radius 1 is 1.12 bits per heavy atom. The summed E-state index contributed by atoms with van der Waals surface area (Å²) in [6.07, 6.45) is 10.7. The van der Waals surface area contributed by atoms with Crippen molar-refractivity contribution in [2.45, 2.75) is 102 Å². The Balaban J connectivity index is 1.57. The fraction of sp³-hybridized carbons (Fsp3) is 0.591. The smallest absolute Gasteiger partial charge is 0.410 e. The fourth-order valence-corrected chi connectivity index (χ4v) is 9.33. The zero-order valence-corrected chi connectivity index (χ0v) is 34.6. The van der Waals surface area contributed by atoms with E-state index >= 15 is 0 Å². The van der Waals surface area contributed by atoms with Crippen LogP contribution in [-0.4, -0.2) is 95.4 Å². The van der Waals surface area contributed by atoms with Crippen LogP contribution in [0.15, 0.2) is 71.9 Å². The molecule has 4 aliphatic rings. The second-order valence-corrected chi connectivity index (χ2v) is 15.9. The molecule has 2 fully saturated rings. The molecular weight excluding hydrogens is 782 g/mol. The number of benzene rings is 2. The van der Waals surface area contributed by atoms with Gasteiger partial charge in [0.05, 0.1) is 41.7 Å². The lowest BCUT2D eigenvalue weighted by Crippen LogP contribution is -2.70. The van der Waals surface area contributed by atoms with Gasteiger partial charge in [-0.3, -0.25) is 15.0 Å². The first-order valence-electron chi connectivity index (χ1n) is 21.1. The number of alkyl halides is 1. The Bertz CT molecular complexity index is 1800. The zero-order valence-electron chi connectivity index (χ0n) is 33.9. The van der Waals surface area contributed by atoms with E-state index in [4.69, 9.17) is 45.3 Å². The normalized spacial score (nSPS) is 26.4. The Labute approximate surface area is 351 Å². The maximum absolute atomic E-state index is 14.1. The predicted molar refractivity (Wildman–Crippen MR) is 222 cm³/mol. The minimum atomic E-state index is -1.46. The molecule has 14 nitrogen and oxygen atoms in total. The first-order valence-corrected chi connectivity index (χ1v) is 21.6. The van der Waals surface area contributed by atoms with E-state index in [-0.39, 0.29) is 62.2 Å². The molecule has 2 aliphatic carbocycles. The van der Waals surface area contributed by atoms with E-state index in [2.05, 4.69) is 12.7 Å². The summed E-state index contributed by atoms with van der Waals surface area (Å²) in [5.41, 5.74) is 2.30. The number of unbranched alkanes of at least 4 members (excludes halogenated alkanes) is 2. The molecule has 0 aromatic heterocycles. The van der Waals surface area contributed by atoms with Crippen molar-refractivity contribution < 1.29 is 48.5 Å². The average molecular weight is 840 g/mol. The largest absolute Gasteiger partial charge is 0.459 e. The zero-order chi connectivity index (χ0) is 41.8. The van der Waals surface area contributed by atoms with E-state index in [0.717, 1.165) is 49.7 Å². The molecule has 322 valence electrons. The van der Waals surface area contributed by atoms with Crippen LogP contribution in [-0.2, 0) is 19.0 Å². The lowest BCUT2D eigenvalue weighted by molar-refractivity contribution is -0.384. The van der Waals surface area contributed by atoms with Crippen LogP contribution < -0.4 is 9.47 Å². The quantitative estimate of drug-likeness (QED) is 0.0405. The molecule has 2 N–H and O–H groups in total. The van der Waals surface area contributed by atoms with Crippen molar-refractivity contribution in [3.05, 3.63) is 82.4 Å². The molecule has 2 aromatic rings. The fourth-order valence-electron chi connectivity index (χ4n) is 9.25. The van der Waals surface area contributed by atoms with Crippen LogP contribution in [0.4, 0.5) is 10.5 Å². The summed E-state index contributed by atoms with van der Waals surface area (Å²) in [5.74, 6) is -0.827. The van der Waals surface area contributed by atoms with Gasteiger partial charge in [0, 0.05) is 50.1 Å². The number of nitro benzene ring substituents is 1. The van der Waals surface area contributed by atoms with Gasteiger partial charge in [0.25, 0.3) is 5.69 Å². The molecule has 15 heteroatoms. The number of non-ortho nitro benzene ring substituents is 1. The topological polar surface area (TPSA) is 172 Å². The molecule has 1 saturated carbocycles. The number of aliphatic hydroxyl groups excluding tert-OH is 2. The monoisotopic (exact) mass is 839 g/mol. The highest BCUT2D eigenvalue weighted by atomic mass is 35.5. The van der Waals surface area contributed by atoms with Crippen LogP contribution in [0.5, 0.6) is 17.2 Å². The van der Waals surface area contributed by atoms with Gasteiger partial charge in [-0.15, -0.1) is 18.2 Å². The number of ether oxygens (including phenoxy) is 5. The molecule has 1 saturated heterocycles. The SMILES string of the molecule is C=CCO[C@@]12Oc3ccc(Oc4cccc([N+](=O)[O-])c4)cc3[C@H]3[C@H](CCCCO)[C@@H](CCCCO)C=C(C(=NOC4CCCCO4)C[C@@H]1N(CCC)C(=O)OCCCl)[C@H]32. The first-order chi connectivity index (χ1) is 28.8. The number of hydrogen-bond acceptors (Lipinski definition) is 12. The van der Waals surface area contributed by atoms with Crippen molar-refractivity contribution in [2.24, 2.45) is 22.9 Å². The molecule has 6 rings (SSSR count). The molecule has 0 bridgehead atoms. The first kappa shape index (κ1) is 44.3. The lowest BCUT2D eigenvalue weighted by atomic mass is 9.55. The van der Waals surface area contributed by atoms with Crippen LogP contribution in [0.1, 0.15) is 89.0 Å². The van der Waals surface area contributed by atoms with Gasteiger partial charge in [-0.05, 0) is 86.6 Å². The Hall–Kier alpha value is -4.21. The number of amides is 1. The van der Waals surface area contributed by atoms with Crippen LogP contribution in [0.25, 0.3) is 0 Å². The highest BCUT2D eigenvalue weighted by molar-refractivity contribution is 6.18. The van der Waals surface area contributed by atoms with Gasteiger partial charge >= 0.3 is 6.09 Å². The van der Waals surface area contributed by atoms with Crippen molar-refractivity contribution in [1.82, 2.24) is 4.90 Å². The second kappa shape index (κ2) is 21.4. The molecule has 2 aliphatic heterocycles. The Kier molecular flexibility index (Phi) is 16.0. The summed E-state index contributed by atoms with van der Waals surface area (Å²) in [6.45, 7) is 7.15. The minimum absolute atomic E-state index is 0.0122. The highest BCUT2D eigenvalue weighted by Crippen LogP contribution is 2.62. The van der Waals surface area contributed by atoms with Crippen molar-refractivity contribution in [1.29, 1.82) is 0 Å². The number of oxime groups is 1. The van der Waals surface area contributed by atoms with E-state index in [9.17, 15) is 25.1 Å². The standard InChI is InChI=1S/C44H58ClN3O11/c1-3-20-47(43(51)55-25-19-45)39-29-37(46-59-40-16-7-10-24-54-40)35-26-30(12-5-8-21-49)34(15-6-9-22-50)41-36-28-33(57-32-14-11-13-31(27-32)48(52)53)17-18-38(36)58-44(39,42(35)41)56-23-4-2/h4,11,13-14,17-18,26-28,30,34,39-42,49-50H,2-3,5-10,12,15-16,19-25,29H2,1H3/t30-,34+,39-,40?,41+,42+,44+/m0/s1. The number of allylic oxidation sites excluding steroid dienone is 1. The number of nitrogens with zero attached hydrogens (tertiary/aromatic N) is 3. The number of carbonyl (C=O) groups excluding carboxylic acids is 1. The van der Waals surface area contributed by atoms with Gasteiger partial charge in [-0.25, -0.2) is 4.79 Å². The van der Waals surface area contributed by atoms with Gasteiger partial charge in [0.15, 0.2) is 0 Å². The van der Waals surface area contributed by atoms with Crippen LogP contribution in [0.2, 0.25) is 0 Å². The number of fused-ring (bicyclic) bond motifs is 2. The number of nitro groups is 1. The summed E-state index contributed by atoms with van der Waals surface area (Å²) in [5, 5.41) is 36.3. The number of carbonyl (C=O) groups is 1. The van der Waals surface area contributed by atoms with Crippen molar-refractivity contribution >= 4 is 29.1 Å². The minimum Gasteiger partial charge on any atom is -0.459 e. The Morgan fingerprint density at radius 2 is 1.92 bits per heavy atom. The highest BCUT2D eigenvalue weighted by Gasteiger charge is 2.65. The predicted octanol–water partition coefficient (Wildman–Crippen LogP) is 8.63. The molecular formula is C44H58ClN3O11. The molecule has 1 unspecified atom stereocenters. The number of aliphatic hydroxyl groups is 2. The Morgan fingerprint density at radius 3 is 2.63 bits per heavy atom. The lowest BCUT2D eigenvalue weighted by Gasteiger charge is -2.60. The maximum Gasteiger partial charge on any atom is 0.410 e. The molecule has 1 amide bonds. The van der Waals surface area contributed by atoms with Gasteiger partial charge in [-0.1, -0.05) is 43.1 Å². The van der Waals surface area contributed by atoms with E-state index in [0.29, 0.717) is 61.8 Å². The third-order valence-electron chi connectivity index (χ3n) is 11.7. The summed E-state index contributed by atoms with van der Waals surface area (Å²) in [7, 11) is 0. The molecule has 7 atom stereocenters. The third kappa shape index (κ3) is 10.2. The van der Waals surface area contributed by atoms with E-state index in [1.54, 1.807) is 29.2 Å². The van der Waals surface area contributed by atoms with E-state index in [1.807, 2.05) is 19.1 Å². The molecule has 0 radical (unpaired) electrons. The average Bonchev–Trinajstić information content (AvgIpc) is 3.25. The molecule has 0 spiro atoms. The number of halogens is 1. The van der Waals surface area contributed by atoms with Gasteiger partial charge in [0.1, 0.15) is 29.9 Å². The van der Waals surface area contributed by atoms with Crippen molar-refractivity contribution in [2.75, 3.05) is 45.5 Å². The van der Waals surface area contributed by atoms with Crippen molar-refractivity contribution in [3.63, 3.8) is 0 Å². The second-order valence-electron chi connectivity index (χ2n) is 15.5. The molecule has 2 heterocycles. The summed E-state index contributed by atoms with van der Waals surface area (Å²) < 4.78 is 32.2. The van der Waals surface area contributed by atoms with E-state index < -0.39 is 35.1 Å². The van der Waals surface area contributed by atoms with Crippen LogP contribution in [0, 0.1) is 27.9 Å². The van der Waals surface area contributed by atoms with Crippen LogP contribution in [0.3, 0.4) is 0 Å². The number of rotatable bonds is 21. The van der Waals surface area contributed by atoms with Gasteiger partial charge < -0.3 is 38.7 Å². The molecule has 59 heavy (non-hydrogen) atoms. The summed E-state index contributed by atoms with van der Waals surface area (Å²) in [4.78, 5) is 33.1.